The van der Waals surface area contributed by atoms with E-state index in [1.165, 1.54) is 0 Å². The normalized spacial score (nSPS) is 19.2. The maximum Gasteiger partial charge on any atom is 0.229 e. The molecule has 1 aliphatic heterocycles. The summed E-state index contributed by atoms with van der Waals surface area (Å²) >= 11 is 0. The van der Waals surface area contributed by atoms with E-state index in [0.717, 1.165) is 32.8 Å². The van der Waals surface area contributed by atoms with Crippen LogP contribution in [0.2, 0.25) is 0 Å². The molecule has 114 valence electrons. The number of hydrogen-bond donors (Lipinski definition) is 1. The number of aromatic nitrogens is 2. The van der Waals surface area contributed by atoms with Crippen LogP contribution in [0.4, 0.5) is 0 Å². The maximum absolute atomic E-state index is 6.14. The molecular weight excluding hydrogens is 260 g/mol. The second-order valence-electron chi connectivity index (χ2n) is 5.71. The number of nitrogens with zero attached hydrogens (tertiary/aromatic N) is 3. The summed E-state index contributed by atoms with van der Waals surface area (Å²) in [6.07, 6.45) is 0.570. The minimum atomic E-state index is -0.321. The van der Waals surface area contributed by atoms with Gasteiger partial charge < -0.3 is 19.7 Å². The van der Waals surface area contributed by atoms with Crippen LogP contribution >= 0.6 is 0 Å². The first-order valence-corrected chi connectivity index (χ1v) is 6.93. The summed E-state index contributed by atoms with van der Waals surface area (Å²) in [6, 6.07) is -0.240. The highest BCUT2D eigenvalue weighted by atomic mass is 16.5. The molecule has 0 radical (unpaired) electrons. The van der Waals surface area contributed by atoms with Gasteiger partial charge in [0.1, 0.15) is 0 Å². The molecule has 1 aromatic rings. The lowest BCUT2D eigenvalue weighted by Gasteiger charge is -2.27. The zero-order valence-corrected chi connectivity index (χ0v) is 12.5. The van der Waals surface area contributed by atoms with E-state index in [-0.39, 0.29) is 11.6 Å². The number of ether oxygens (including phenoxy) is 2. The molecule has 7 heteroatoms. The fraction of sp³-hybridized carbons (Fsp3) is 0.846. The first-order chi connectivity index (χ1) is 9.50. The van der Waals surface area contributed by atoms with Crippen molar-refractivity contribution >= 4 is 0 Å². The van der Waals surface area contributed by atoms with Gasteiger partial charge >= 0.3 is 0 Å². The predicted molar refractivity (Wildman–Crippen MR) is 73.3 cm³/mol. The van der Waals surface area contributed by atoms with E-state index in [2.05, 4.69) is 15.0 Å². The third-order valence-corrected chi connectivity index (χ3v) is 3.50. The lowest BCUT2D eigenvalue weighted by atomic mass is 10.1. The molecule has 0 saturated carbocycles. The summed E-state index contributed by atoms with van der Waals surface area (Å²) in [6.45, 7) is 7.98. The van der Waals surface area contributed by atoms with Crippen LogP contribution < -0.4 is 5.73 Å². The third-order valence-electron chi connectivity index (χ3n) is 3.50. The van der Waals surface area contributed by atoms with Gasteiger partial charge in [-0.3, -0.25) is 4.90 Å². The average molecular weight is 284 g/mol. The molecule has 0 bridgehead atoms. The Balaban J connectivity index is 1.90. The first kappa shape index (κ1) is 15.4. The summed E-state index contributed by atoms with van der Waals surface area (Å²) in [5.41, 5.74) is 5.82. The van der Waals surface area contributed by atoms with E-state index >= 15 is 0 Å². The summed E-state index contributed by atoms with van der Waals surface area (Å²) in [5, 5.41) is 3.98. The zero-order valence-electron chi connectivity index (χ0n) is 12.5. The lowest BCUT2D eigenvalue weighted by Crippen LogP contribution is -2.40. The Hall–Kier alpha value is -1.02. The highest BCUT2D eigenvalue weighted by Crippen LogP contribution is 2.16. The molecule has 1 aliphatic rings. The second kappa shape index (κ2) is 6.62. The lowest BCUT2D eigenvalue weighted by molar-refractivity contribution is 0.0170. The SMILES string of the molecule is COC(C)(C)Cc1nc(C(N)CN2CCOCC2)no1. The molecule has 0 spiro atoms. The van der Waals surface area contributed by atoms with Crippen molar-refractivity contribution in [3.05, 3.63) is 11.7 Å². The third kappa shape index (κ3) is 4.24. The van der Waals surface area contributed by atoms with E-state index in [4.69, 9.17) is 19.7 Å². The fourth-order valence-electron chi connectivity index (χ4n) is 2.07. The summed E-state index contributed by atoms with van der Waals surface area (Å²) in [7, 11) is 1.67. The molecule has 1 atom stereocenters. The van der Waals surface area contributed by atoms with Crippen molar-refractivity contribution in [3.8, 4) is 0 Å². The van der Waals surface area contributed by atoms with Crippen LogP contribution in [-0.2, 0) is 15.9 Å². The Kier molecular flexibility index (Phi) is 5.09. The largest absolute Gasteiger partial charge is 0.379 e. The van der Waals surface area contributed by atoms with Crippen molar-refractivity contribution in [2.75, 3.05) is 40.0 Å². The molecular formula is C13H24N4O3. The van der Waals surface area contributed by atoms with Crippen LogP contribution in [0.1, 0.15) is 31.6 Å². The van der Waals surface area contributed by atoms with E-state index in [9.17, 15) is 0 Å². The van der Waals surface area contributed by atoms with Gasteiger partial charge in [0.05, 0.1) is 31.3 Å². The number of hydrogen-bond acceptors (Lipinski definition) is 7. The number of methoxy groups -OCH3 is 1. The molecule has 1 aromatic heterocycles. The standard InChI is InChI=1S/C13H24N4O3/c1-13(2,18-3)8-11-15-12(16-20-11)10(14)9-17-4-6-19-7-5-17/h10H,4-9,14H2,1-3H3. The fourth-order valence-corrected chi connectivity index (χ4v) is 2.07. The molecule has 2 rings (SSSR count). The molecule has 20 heavy (non-hydrogen) atoms. The van der Waals surface area contributed by atoms with Gasteiger partial charge in [-0.05, 0) is 13.8 Å². The van der Waals surface area contributed by atoms with Crippen molar-refractivity contribution in [1.29, 1.82) is 0 Å². The molecule has 0 amide bonds. The van der Waals surface area contributed by atoms with Crippen molar-refractivity contribution in [2.45, 2.75) is 31.9 Å². The molecule has 2 heterocycles. The Morgan fingerprint density at radius 3 is 2.75 bits per heavy atom. The van der Waals surface area contributed by atoms with Gasteiger partial charge in [0, 0.05) is 26.7 Å². The molecule has 0 aromatic carbocycles. The zero-order chi connectivity index (χ0) is 14.6. The summed E-state index contributed by atoms with van der Waals surface area (Å²) in [5.74, 6) is 1.11. The van der Waals surface area contributed by atoms with Crippen molar-refractivity contribution < 1.29 is 14.0 Å². The Morgan fingerprint density at radius 2 is 2.10 bits per heavy atom. The van der Waals surface area contributed by atoms with Crippen LogP contribution in [0.5, 0.6) is 0 Å². The molecule has 1 fully saturated rings. The van der Waals surface area contributed by atoms with Gasteiger partial charge in [0.15, 0.2) is 5.82 Å². The van der Waals surface area contributed by atoms with E-state index < -0.39 is 0 Å². The highest BCUT2D eigenvalue weighted by molar-refractivity contribution is 4.96. The quantitative estimate of drug-likeness (QED) is 0.807. The minimum absolute atomic E-state index is 0.240. The Morgan fingerprint density at radius 1 is 1.40 bits per heavy atom. The minimum Gasteiger partial charge on any atom is -0.379 e. The van der Waals surface area contributed by atoms with Gasteiger partial charge in [-0.2, -0.15) is 4.98 Å². The van der Waals surface area contributed by atoms with E-state index in [1.807, 2.05) is 13.8 Å². The average Bonchev–Trinajstić information content (AvgIpc) is 2.88. The summed E-state index contributed by atoms with van der Waals surface area (Å²) in [4.78, 5) is 6.62. The van der Waals surface area contributed by atoms with Gasteiger partial charge in [0.25, 0.3) is 0 Å². The second-order valence-corrected chi connectivity index (χ2v) is 5.71. The van der Waals surface area contributed by atoms with E-state index in [1.54, 1.807) is 7.11 Å². The topological polar surface area (TPSA) is 86.6 Å². The summed E-state index contributed by atoms with van der Waals surface area (Å²) < 4.78 is 15.9. The highest BCUT2D eigenvalue weighted by Gasteiger charge is 2.24. The van der Waals surface area contributed by atoms with Gasteiger partial charge in [-0.1, -0.05) is 5.16 Å². The number of rotatable bonds is 6. The first-order valence-electron chi connectivity index (χ1n) is 6.93. The Bertz CT molecular complexity index is 416. The molecule has 7 nitrogen and oxygen atoms in total. The smallest absolute Gasteiger partial charge is 0.229 e. The molecule has 1 unspecified atom stereocenters. The number of morpholine rings is 1. The van der Waals surface area contributed by atoms with Crippen LogP contribution in [-0.4, -0.2) is 60.6 Å². The van der Waals surface area contributed by atoms with Crippen LogP contribution in [0.3, 0.4) is 0 Å². The van der Waals surface area contributed by atoms with Crippen LogP contribution in [0, 0.1) is 0 Å². The monoisotopic (exact) mass is 284 g/mol. The van der Waals surface area contributed by atoms with Crippen LogP contribution in [0.15, 0.2) is 4.52 Å². The number of nitrogens with two attached hydrogens (primary N) is 1. The maximum atomic E-state index is 6.14. The van der Waals surface area contributed by atoms with E-state index in [0.29, 0.717) is 18.1 Å². The molecule has 1 saturated heterocycles. The van der Waals surface area contributed by atoms with Crippen molar-refractivity contribution in [3.63, 3.8) is 0 Å². The predicted octanol–water partition coefficient (Wildman–Crippen LogP) is 0.369. The molecule has 0 aliphatic carbocycles. The van der Waals surface area contributed by atoms with Gasteiger partial charge in [-0.15, -0.1) is 0 Å². The van der Waals surface area contributed by atoms with Gasteiger partial charge in [0.2, 0.25) is 5.89 Å². The van der Waals surface area contributed by atoms with Crippen molar-refractivity contribution in [2.24, 2.45) is 5.73 Å². The Labute approximate surface area is 119 Å². The van der Waals surface area contributed by atoms with Gasteiger partial charge in [-0.25, -0.2) is 0 Å². The molecule has 2 N–H and O–H groups in total. The van der Waals surface area contributed by atoms with Crippen molar-refractivity contribution in [1.82, 2.24) is 15.0 Å². The van der Waals surface area contributed by atoms with Crippen LogP contribution in [0.25, 0.3) is 0 Å².